The van der Waals surface area contributed by atoms with Crippen LogP contribution in [0.5, 0.6) is 0 Å². The molecule has 9 heavy (non-hydrogen) atoms. The van der Waals surface area contributed by atoms with Gasteiger partial charge in [0.25, 0.3) is 0 Å². The van der Waals surface area contributed by atoms with Crippen molar-refractivity contribution in [2.75, 3.05) is 0 Å². The number of hydrogen-bond donors (Lipinski definition) is 0. The summed E-state index contributed by atoms with van der Waals surface area (Å²) in [7, 11) is 0. The van der Waals surface area contributed by atoms with Gasteiger partial charge in [0.2, 0.25) is 5.78 Å². The summed E-state index contributed by atoms with van der Waals surface area (Å²) in [6.45, 7) is 0. The van der Waals surface area contributed by atoms with Gasteiger partial charge in [-0.25, -0.2) is 0 Å². The van der Waals surface area contributed by atoms with Crippen molar-refractivity contribution < 1.29 is 18.0 Å². The lowest BCUT2D eigenvalue weighted by atomic mass is 10.3. The number of halogens is 3. The van der Waals surface area contributed by atoms with Crippen molar-refractivity contribution >= 4 is 5.78 Å². The van der Waals surface area contributed by atoms with Crippen LogP contribution in [-0.4, -0.2) is 12.0 Å². The first-order valence-electron chi connectivity index (χ1n) is 2.02. The second-order valence-electron chi connectivity index (χ2n) is 1.36. The summed E-state index contributed by atoms with van der Waals surface area (Å²) < 4.78 is 33.5. The normalized spacial score (nSPS) is 10.4. The molecule has 0 aromatic carbocycles. The minimum Gasteiger partial charge on any atom is -0.285 e. The lowest BCUT2D eigenvalue weighted by Crippen LogP contribution is -2.12. The molecule has 0 aromatic heterocycles. The predicted molar refractivity (Wildman–Crippen MR) is 24.5 cm³/mol. The number of hydrogen-bond acceptors (Lipinski definition) is 1. The molecular formula is C5H3F3O. The van der Waals surface area contributed by atoms with E-state index < -0.39 is 18.4 Å². The molecule has 1 nitrogen and oxygen atoms in total. The summed E-state index contributed by atoms with van der Waals surface area (Å²) in [5.41, 5.74) is 0. The topological polar surface area (TPSA) is 17.1 Å². The van der Waals surface area contributed by atoms with E-state index in [0.717, 1.165) is 0 Å². The van der Waals surface area contributed by atoms with E-state index in [2.05, 4.69) is 6.42 Å². The molecule has 0 aliphatic carbocycles. The van der Waals surface area contributed by atoms with Crippen LogP contribution in [0.3, 0.4) is 0 Å². The zero-order valence-electron chi connectivity index (χ0n) is 4.33. The molecule has 0 amide bonds. The van der Waals surface area contributed by atoms with Crippen LogP contribution in [0.2, 0.25) is 0 Å². The van der Waals surface area contributed by atoms with Gasteiger partial charge in [-0.15, -0.1) is 6.42 Å². The lowest BCUT2D eigenvalue weighted by molar-refractivity contribution is -0.148. The minimum atomic E-state index is -4.47. The molecule has 0 aliphatic rings. The highest BCUT2D eigenvalue weighted by Crippen LogP contribution is 2.18. The molecule has 0 aromatic rings. The summed E-state index contributed by atoms with van der Waals surface area (Å²) in [6.07, 6.45) is -1.61. The molecule has 0 spiro atoms. The number of alkyl halides is 3. The van der Waals surface area contributed by atoms with Gasteiger partial charge in [0, 0.05) is 0 Å². The van der Waals surface area contributed by atoms with Gasteiger partial charge >= 0.3 is 6.18 Å². The van der Waals surface area contributed by atoms with Crippen molar-refractivity contribution in [2.45, 2.75) is 12.6 Å². The Hall–Kier alpha value is -0.980. The summed E-state index contributed by atoms with van der Waals surface area (Å²) in [6, 6.07) is 0. The molecule has 0 saturated carbocycles. The molecule has 50 valence electrons. The summed E-state index contributed by atoms with van der Waals surface area (Å²) in [5, 5.41) is 0. The molecule has 0 radical (unpaired) electrons. The fourth-order valence-electron chi connectivity index (χ4n) is 0.233. The van der Waals surface area contributed by atoms with E-state index >= 15 is 0 Å². The maximum atomic E-state index is 11.2. The lowest BCUT2D eigenvalue weighted by Gasteiger charge is -1.99. The van der Waals surface area contributed by atoms with E-state index in [1.54, 1.807) is 0 Å². The van der Waals surface area contributed by atoms with E-state index in [1.807, 2.05) is 0 Å². The fraction of sp³-hybridized carbons (Fsp3) is 0.400. The van der Waals surface area contributed by atoms with Gasteiger partial charge < -0.3 is 0 Å². The second kappa shape index (κ2) is 2.53. The third kappa shape index (κ3) is 4.88. The zero-order chi connectivity index (χ0) is 7.49. The standard InChI is InChI=1S/C5H3F3O/c1-2-4(9)3-5(6,7)8/h1H,3H2. The number of Topliss-reactive ketones (excluding diaryl/α,β-unsaturated/α-hetero) is 1. The van der Waals surface area contributed by atoms with Crippen LogP contribution in [0.1, 0.15) is 6.42 Å². The zero-order valence-corrected chi connectivity index (χ0v) is 4.33. The molecular weight excluding hydrogens is 133 g/mol. The van der Waals surface area contributed by atoms with Crippen LogP contribution >= 0.6 is 0 Å². The van der Waals surface area contributed by atoms with Crippen LogP contribution in [0.15, 0.2) is 0 Å². The number of carbonyl (C=O) groups excluding carboxylic acids is 1. The SMILES string of the molecule is C#CC(=O)CC(F)(F)F. The third-order valence-corrected chi connectivity index (χ3v) is 0.522. The van der Waals surface area contributed by atoms with E-state index in [4.69, 9.17) is 0 Å². The van der Waals surface area contributed by atoms with E-state index in [0.29, 0.717) is 0 Å². The first-order valence-corrected chi connectivity index (χ1v) is 2.02. The number of terminal acetylenes is 1. The Bertz CT molecular complexity index is 151. The maximum Gasteiger partial charge on any atom is 0.396 e. The third-order valence-electron chi connectivity index (χ3n) is 0.522. The van der Waals surface area contributed by atoms with Gasteiger partial charge in [0.05, 0.1) is 0 Å². The largest absolute Gasteiger partial charge is 0.396 e. The molecule has 0 atom stereocenters. The molecule has 0 rings (SSSR count). The Labute approximate surface area is 49.9 Å². The monoisotopic (exact) mass is 136 g/mol. The fourth-order valence-corrected chi connectivity index (χ4v) is 0.233. The van der Waals surface area contributed by atoms with E-state index in [9.17, 15) is 18.0 Å². The Balaban J connectivity index is 3.78. The first kappa shape index (κ1) is 8.02. The van der Waals surface area contributed by atoms with E-state index in [-0.39, 0.29) is 0 Å². The Kier molecular flexibility index (Phi) is 2.26. The van der Waals surface area contributed by atoms with Gasteiger partial charge in [-0.3, -0.25) is 4.79 Å². The highest BCUT2D eigenvalue weighted by atomic mass is 19.4. The molecule has 0 bridgehead atoms. The van der Waals surface area contributed by atoms with Crippen LogP contribution in [-0.2, 0) is 4.79 Å². The molecule has 0 N–H and O–H groups in total. The van der Waals surface area contributed by atoms with Crippen molar-refractivity contribution in [1.29, 1.82) is 0 Å². The second-order valence-corrected chi connectivity index (χ2v) is 1.36. The van der Waals surface area contributed by atoms with Gasteiger partial charge in [-0.2, -0.15) is 13.2 Å². The Morgan fingerprint density at radius 1 is 1.56 bits per heavy atom. The average molecular weight is 136 g/mol. The van der Waals surface area contributed by atoms with Crippen LogP contribution in [0.25, 0.3) is 0 Å². The number of rotatable bonds is 1. The van der Waals surface area contributed by atoms with Gasteiger partial charge in [0.1, 0.15) is 6.42 Å². The van der Waals surface area contributed by atoms with Gasteiger partial charge in [-0.1, -0.05) is 0 Å². The smallest absolute Gasteiger partial charge is 0.285 e. The summed E-state index contributed by atoms with van der Waals surface area (Å²) in [5.74, 6) is 0.129. The van der Waals surface area contributed by atoms with Crippen molar-refractivity contribution in [3.63, 3.8) is 0 Å². The molecule has 4 heteroatoms. The van der Waals surface area contributed by atoms with Crippen molar-refractivity contribution in [2.24, 2.45) is 0 Å². The number of ketones is 1. The molecule has 0 unspecified atom stereocenters. The highest BCUT2D eigenvalue weighted by molar-refractivity contribution is 5.95. The quantitative estimate of drug-likeness (QED) is 0.390. The van der Waals surface area contributed by atoms with Crippen LogP contribution in [0.4, 0.5) is 13.2 Å². The summed E-state index contributed by atoms with van der Waals surface area (Å²) >= 11 is 0. The maximum absolute atomic E-state index is 11.2. The summed E-state index contributed by atoms with van der Waals surface area (Å²) in [4.78, 5) is 9.87. The van der Waals surface area contributed by atoms with Crippen molar-refractivity contribution in [3.8, 4) is 12.3 Å². The molecule has 0 heterocycles. The first-order chi connectivity index (χ1) is 3.95. The van der Waals surface area contributed by atoms with Crippen molar-refractivity contribution in [3.05, 3.63) is 0 Å². The predicted octanol–water partition coefficient (Wildman–Crippen LogP) is 1.14. The molecule has 0 saturated heterocycles. The van der Waals surface area contributed by atoms with Crippen molar-refractivity contribution in [1.82, 2.24) is 0 Å². The highest BCUT2D eigenvalue weighted by Gasteiger charge is 2.30. The molecule has 0 fully saturated rings. The minimum absolute atomic E-state index is 1.23. The van der Waals surface area contributed by atoms with Gasteiger partial charge in [0.15, 0.2) is 0 Å². The van der Waals surface area contributed by atoms with E-state index in [1.165, 1.54) is 5.92 Å². The van der Waals surface area contributed by atoms with Crippen LogP contribution < -0.4 is 0 Å². The Morgan fingerprint density at radius 3 is 2.11 bits per heavy atom. The van der Waals surface area contributed by atoms with Gasteiger partial charge in [-0.05, 0) is 5.92 Å². The average Bonchev–Trinajstić information content (AvgIpc) is 1.62. The van der Waals surface area contributed by atoms with Crippen LogP contribution in [0, 0.1) is 12.3 Å². The molecule has 0 aliphatic heterocycles. The Morgan fingerprint density at radius 2 is 2.00 bits per heavy atom. The number of carbonyl (C=O) groups is 1.